The SMILES string of the molecule is CCOC(=O)C1CCCN(CCNC)C1. The van der Waals surface area contributed by atoms with Crippen molar-refractivity contribution in [1.29, 1.82) is 0 Å². The van der Waals surface area contributed by atoms with Gasteiger partial charge in [0.15, 0.2) is 0 Å². The molecule has 4 nitrogen and oxygen atoms in total. The van der Waals surface area contributed by atoms with E-state index in [4.69, 9.17) is 4.74 Å². The smallest absolute Gasteiger partial charge is 0.310 e. The van der Waals surface area contributed by atoms with Crippen molar-refractivity contribution < 1.29 is 9.53 Å². The van der Waals surface area contributed by atoms with E-state index in [1.54, 1.807) is 0 Å². The molecule has 1 unspecified atom stereocenters. The zero-order chi connectivity index (χ0) is 11.1. The van der Waals surface area contributed by atoms with Crippen LogP contribution in [0.2, 0.25) is 0 Å². The first-order chi connectivity index (χ1) is 7.27. The lowest BCUT2D eigenvalue weighted by atomic mass is 9.98. The highest BCUT2D eigenvalue weighted by Gasteiger charge is 2.26. The molecule has 0 aromatic rings. The number of likely N-dealkylation sites (tertiary alicyclic amines) is 1. The van der Waals surface area contributed by atoms with E-state index in [1.807, 2.05) is 14.0 Å². The molecule has 0 aliphatic carbocycles. The Labute approximate surface area is 92.0 Å². The number of hydrogen-bond donors (Lipinski definition) is 1. The first kappa shape index (κ1) is 12.5. The monoisotopic (exact) mass is 214 g/mol. The van der Waals surface area contributed by atoms with Gasteiger partial charge in [-0.15, -0.1) is 0 Å². The van der Waals surface area contributed by atoms with Crippen molar-refractivity contribution in [1.82, 2.24) is 10.2 Å². The summed E-state index contributed by atoms with van der Waals surface area (Å²) in [7, 11) is 1.95. The number of carbonyl (C=O) groups is 1. The van der Waals surface area contributed by atoms with Crippen LogP contribution in [0.1, 0.15) is 19.8 Å². The second-order valence-corrected chi connectivity index (χ2v) is 4.00. The topological polar surface area (TPSA) is 41.6 Å². The Kier molecular flexibility index (Phi) is 5.65. The highest BCUT2D eigenvalue weighted by atomic mass is 16.5. The fraction of sp³-hybridized carbons (Fsp3) is 0.909. The molecule has 1 heterocycles. The third kappa shape index (κ3) is 4.18. The van der Waals surface area contributed by atoms with Gasteiger partial charge in [0.05, 0.1) is 12.5 Å². The molecule has 1 rings (SSSR count). The van der Waals surface area contributed by atoms with Crippen molar-refractivity contribution in [2.45, 2.75) is 19.8 Å². The van der Waals surface area contributed by atoms with Crippen LogP contribution in [0.15, 0.2) is 0 Å². The fourth-order valence-electron chi connectivity index (χ4n) is 1.98. The number of ether oxygens (including phenoxy) is 1. The molecular formula is C11H22N2O2. The van der Waals surface area contributed by atoms with Crippen molar-refractivity contribution in [3.8, 4) is 0 Å². The van der Waals surface area contributed by atoms with Crippen LogP contribution in [0.3, 0.4) is 0 Å². The zero-order valence-corrected chi connectivity index (χ0v) is 9.79. The Balaban J connectivity index is 2.31. The normalized spacial score (nSPS) is 22.7. The minimum atomic E-state index is -0.0216. The van der Waals surface area contributed by atoms with Crippen molar-refractivity contribution in [3.05, 3.63) is 0 Å². The van der Waals surface area contributed by atoms with E-state index in [9.17, 15) is 4.79 Å². The maximum atomic E-state index is 11.6. The van der Waals surface area contributed by atoms with E-state index in [1.165, 1.54) is 0 Å². The summed E-state index contributed by atoms with van der Waals surface area (Å²) >= 11 is 0. The van der Waals surface area contributed by atoms with Crippen LogP contribution in [0, 0.1) is 5.92 Å². The molecule has 0 spiro atoms. The Morgan fingerprint density at radius 3 is 3.07 bits per heavy atom. The van der Waals surface area contributed by atoms with Crippen molar-refractivity contribution in [3.63, 3.8) is 0 Å². The van der Waals surface area contributed by atoms with Gasteiger partial charge in [0.1, 0.15) is 0 Å². The summed E-state index contributed by atoms with van der Waals surface area (Å²) in [5.41, 5.74) is 0. The molecule has 1 saturated heterocycles. The van der Waals surface area contributed by atoms with Crippen molar-refractivity contribution in [2.75, 3.05) is 39.8 Å². The molecule has 1 aliphatic heterocycles. The van der Waals surface area contributed by atoms with E-state index in [0.29, 0.717) is 6.61 Å². The number of piperidine rings is 1. The van der Waals surface area contributed by atoms with Gasteiger partial charge < -0.3 is 15.0 Å². The minimum absolute atomic E-state index is 0.0216. The van der Waals surface area contributed by atoms with Crippen LogP contribution in [0.4, 0.5) is 0 Å². The second-order valence-electron chi connectivity index (χ2n) is 4.00. The maximum Gasteiger partial charge on any atom is 0.310 e. The predicted octanol–water partition coefficient (Wildman–Crippen LogP) is 0.481. The number of hydrogen-bond acceptors (Lipinski definition) is 4. The van der Waals surface area contributed by atoms with Crippen LogP contribution in [-0.2, 0) is 9.53 Å². The van der Waals surface area contributed by atoms with Gasteiger partial charge in [-0.2, -0.15) is 0 Å². The van der Waals surface area contributed by atoms with Crippen LogP contribution in [0.25, 0.3) is 0 Å². The standard InChI is InChI=1S/C11H22N2O2/c1-3-15-11(14)10-5-4-7-13(9-10)8-6-12-2/h10,12H,3-9H2,1-2H3. The number of rotatable bonds is 5. The minimum Gasteiger partial charge on any atom is -0.466 e. The highest BCUT2D eigenvalue weighted by molar-refractivity contribution is 5.72. The summed E-state index contributed by atoms with van der Waals surface area (Å²) in [5, 5.41) is 3.13. The van der Waals surface area contributed by atoms with E-state index in [-0.39, 0.29) is 11.9 Å². The fourth-order valence-corrected chi connectivity index (χ4v) is 1.98. The largest absolute Gasteiger partial charge is 0.466 e. The molecule has 0 aromatic carbocycles. The number of likely N-dealkylation sites (N-methyl/N-ethyl adjacent to an activating group) is 1. The molecule has 0 aromatic heterocycles. The van der Waals surface area contributed by atoms with Gasteiger partial charge in [-0.25, -0.2) is 0 Å². The molecule has 4 heteroatoms. The first-order valence-corrected chi connectivity index (χ1v) is 5.81. The first-order valence-electron chi connectivity index (χ1n) is 5.81. The molecule has 0 radical (unpaired) electrons. The lowest BCUT2D eigenvalue weighted by Gasteiger charge is -2.31. The molecular weight excluding hydrogens is 192 g/mol. The van der Waals surface area contributed by atoms with Gasteiger partial charge in [0.25, 0.3) is 0 Å². The second kappa shape index (κ2) is 6.80. The Morgan fingerprint density at radius 1 is 1.60 bits per heavy atom. The molecule has 0 amide bonds. The average molecular weight is 214 g/mol. The summed E-state index contributed by atoms with van der Waals surface area (Å²) in [4.78, 5) is 13.9. The lowest BCUT2D eigenvalue weighted by Crippen LogP contribution is -2.41. The summed E-state index contributed by atoms with van der Waals surface area (Å²) < 4.78 is 5.05. The zero-order valence-electron chi connectivity index (χ0n) is 9.79. The van der Waals surface area contributed by atoms with Crippen molar-refractivity contribution in [2.24, 2.45) is 5.92 Å². The van der Waals surface area contributed by atoms with Gasteiger partial charge in [0, 0.05) is 19.6 Å². The molecule has 15 heavy (non-hydrogen) atoms. The van der Waals surface area contributed by atoms with Crippen LogP contribution in [-0.4, -0.2) is 50.7 Å². The van der Waals surface area contributed by atoms with E-state index in [2.05, 4.69) is 10.2 Å². The Morgan fingerprint density at radius 2 is 2.40 bits per heavy atom. The molecule has 0 saturated carbocycles. The molecule has 1 aliphatic rings. The maximum absolute atomic E-state index is 11.6. The molecule has 1 atom stereocenters. The highest BCUT2D eigenvalue weighted by Crippen LogP contribution is 2.17. The summed E-state index contributed by atoms with van der Waals surface area (Å²) in [5.74, 6) is 0.0715. The quantitative estimate of drug-likeness (QED) is 0.676. The van der Waals surface area contributed by atoms with Crippen LogP contribution >= 0.6 is 0 Å². The van der Waals surface area contributed by atoms with Gasteiger partial charge in [-0.1, -0.05) is 0 Å². The van der Waals surface area contributed by atoms with Gasteiger partial charge in [-0.3, -0.25) is 4.79 Å². The van der Waals surface area contributed by atoms with Gasteiger partial charge in [0.2, 0.25) is 0 Å². The van der Waals surface area contributed by atoms with Crippen LogP contribution in [0.5, 0.6) is 0 Å². The third-order valence-corrected chi connectivity index (χ3v) is 2.80. The lowest BCUT2D eigenvalue weighted by molar-refractivity contribution is -0.149. The number of nitrogens with zero attached hydrogens (tertiary/aromatic N) is 1. The van der Waals surface area contributed by atoms with Crippen LogP contribution < -0.4 is 5.32 Å². The Bertz CT molecular complexity index is 197. The summed E-state index contributed by atoms with van der Waals surface area (Å²) in [6.45, 7) is 6.32. The Hall–Kier alpha value is -0.610. The van der Waals surface area contributed by atoms with E-state index in [0.717, 1.165) is 39.0 Å². The average Bonchev–Trinajstić information content (AvgIpc) is 2.27. The molecule has 1 N–H and O–H groups in total. The third-order valence-electron chi connectivity index (χ3n) is 2.80. The summed E-state index contributed by atoms with van der Waals surface area (Å²) in [6, 6.07) is 0. The number of carbonyl (C=O) groups excluding carboxylic acids is 1. The molecule has 88 valence electrons. The molecule has 0 bridgehead atoms. The van der Waals surface area contributed by atoms with E-state index >= 15 is 0 Å². The van der Waals surface area contributed by atoms with E-state index < -0.39 is 0 Å². The van der Waals surface area contributed by atoms with Gasteiger partial charge >= 0.3 is 5.97 Å². The number of nitrogens with one attached hydrogen (secondary N) is 1. The molecule has 1 fully saturated rings. The predicted molar refractivity (Wildman–Crippen MR) is 59.7 cm³/mol. The number of esters is 1. The van der Waals surface area contributed by atoms with Crippen molar-refractivity contribution >= 4 is 5.97 Å². The summed E-state index contributed by atoms with van der Waals surface area (Å²) in [6.07, 6.45) is 2.09. The van der Waals surface area contributed by atoms with Gasteiger partial charge in [-0.05, 0) is 33.4 Å².